The minimum Gasteiger partial charge on any atom is -0.778 e. The maximum Gasteiger partial charge on any atom is 0.173 e. The van der Waals surface area contributed by atoms with Gasteiger partial charge in [-0.05, 0) is 5.56 Å². The summed E-state index contributed by atoms with van der Waals surface area (Å²) in [7, 11) is -4.22. The van der Waals surface area contributed by atoms with Crippen molar-refractivity contribution in [1.82, 2.24) is 0 Å². The highest BCUT2D eigenvalue weighted by Gasteiger charge is 2.05. The third-order valence-electron chi connectivity index (χ3n) is 2.55. The molecule has 0 bridgehead atoms. The molecule has 1 atom stereocenters. The molecule has 2 aromatic rings. The molecule has 1 aromatic heterocycles. The Morgan fingerprint density at radius 1 is 1.06 bits per heavy atom. The average Bonchev–Trinajstić information content (AvgIpc) is 2.31. The standard InChI is InChI=1S/C13H14NO3P/c15-18(16,17)11-13-6-4-12(5-7-13)10-14-8-2-1-3-9-14/h1-9H,10-11H2,(H-,15,16,17). The summed E-state index contributed by atoms with van der Waals surface area (Å²) in [5.41, 5.74) is 1.67. The van der Waals surface area contributed by atoms with Gasteiger partial charge in [0.15, 0.2) is 18.9 Å². The van der Waals surface area contributed by atoms with Crippen molar-refractivity contribution in [2.75, 3.05) is 0 Å². The SMILES string of the molecule is O=P([O-])(O)Cc1ccc(C[n+]2ccccc2)cc1. The molecule has 1 aromatic carbocycles. The minimum absolute atomic E-state index is 0.314. The molecule has 1 N–H and O–H groups in total. The molecular weight excluding hydrogens is 249 g/mol. The minimum atomic E-state index is -4.22. The summed E-state index contributed by atoms with van der Waals surface area (Å²) < 4.78 is 12.8. The van der Waals surface area contributed by atoms with Crippen molar-refractivity contribution in [3.8, 4) is 0 Å². The van der Waals surface area contributed by atoms with Gasteiger partial charge in [0.1, 0.15) is 7.60 Å². The quantitative estimate of drug-likeness (QED) is 0.663. The molecule has 0 aliphatic rings. The molecule has 0 aliphatic carbocycles. The fourth-order valence-electron chi connectivity index (χ4n) is 1.73. The van der Waals surface area contributed by atoms with Crippen LogP contribution in [0, 0.1) is 0 Å². The van der Waals surface area contributed by atoms with E-state index in [9.17, 15) is 9.46 Å². The second-order valence-electron chi connectivity index (χ2n) is 4.16. The first kappa shape index (κ1) is 13.0. The summed E-state index contributed by atoms with van der Waals surface area (Å²) in [5, 5.41) is 0. The third kappa shape index (κ3) is 4.08. The van der Waals surface area contributed by atoms with Gasteiger partial charge in [0.05, 0.1) is 0 Å². The molecule has 0 saturated heterocycles. The van der Waals surface area contributed by atoms with Crippen molar-refractivity contribution in [2.45, 2.75) is 12.7 Å². The first-order valence-corrected chi connectivity index (χ1v) is 7.34. The maximum absolute atomic E-state index is 10.8. The summed E-state index contributed by atoms with van der Waals surface area (Å²) in [5.74, 6) is 0. The zero-order valence-corrected chi connectivity index (χ0v) is 10.7. The molecule has 2 rings (SSSR count). The molecule has 0 amide bonds. The van der Waals surface area contributed by atoms with Gasteiger partial charge in [-0.3, -0.25) is 0 Å². The fourth-order valence-corrected chi connectivity index (χ4v) is 2.40. The van der Waals surface area contributed by atoms with E-state index in [0.717, 1.165) is 12.1 Å². The van der Waals surface area contributed by atoms with Crippen molar-refractivity contribution in [3.05, 3.63) is 66.0 Å². The molecule has 94 valence electrons. The van der Waals surface area contributed by atoms with E-state index in [2.05, 4.69) is 0 Å². The number of rotatable bonds is 4. The molecule has 0 spiro atoms. The van der Waals surface area contributed by atoms with E-state index in [1.54, 1.807) is 12.1 Å². The van der Waals surface area contributed by atoms with Crippen molar-refractivity contribution >= 4 is 7.60 Å². The highest BCUT2D eigenvalue weighted by atomic mass is 31.2. The number of aromatic nitrogens is 1. The largest absolute Gasteiger partial charge is 0.778 e. The Morgan fingerprint density at radius 3 is 2.17 bits per heavy atom. The second-order valence-corrected chi connectivity index (χ2v) is 5.75. The molecule has 5 heteroatoms. The van der Waals surface area contributed by atoms with Gasteiger partial charge in [-0.2, -0.15) is 0 Å². The number of hydrogen-bond donors (Lipinski definition) is 1. The first-order valence-electron chi connectivity index (χ1n) is 5.58. The molecule has 1 unspecified atom stereocenters. The number of pyridine rings is 1. The lowest BCUT2D eigenvalue weighted by Gasteiger charge is -2.15. The Bertz CT molecular complexity index is 548. The maximum atomic E-state index is 10.8. The van der Waals surface area contributed by atoms with Gasteiger partial charge in [0.25, 0.3) is 0 Å². The zero-order chi connectivity index (χ0) is 13.0. The lowest BCUT2D eigenvalue weighted by molar-refractivity contribution is -0.688. The highest BCUT2D eigenvalue weighted by molar-refractivity contribution is 7.49. The summed E-state index contributed by atoms with van der Waals surface area (Å²) >= 11 is 0. The highest BCUT2D eigenvalue weighted by Crippen LogP contribution is 2.33. The van der Waals surface area contributed by atoms with Crippen LogP contribution in [0.15, 0.2) is 54.9 Å². The molecule has 18 heavy (non-hydrogen) atoms. The molecule has 0 fully saturated rings. The van der Waals surface area contributed by atoms with Gasteiger partial charge in [-0.1, -0.05) is 30.3 Å². The van der Waals surface area contributed by atoms with Crippen molar-refractivity contribution in [3.63, 3.8) is 0 Å². The van der Waals surface area contributed by atoms with Crippen LogP contribution in [0.25, 0.3) is 0 Å². The number of benzene rings is 1. The van der Waals surface area contributed by atoms with E-state index >= 15 is 0 Å². The van der Waals surface area contributed by atoms with Crippen LogP contribution in [0.2, 0.25) is 0 Å². The summed E-state index contributed by atoms with van der Waals surface area (Å²) in [6.07, 6.45) is 3.62. The lowest BCUT2D eigenvalue weighted by Crippen LogP contribution is -2.32. The topological polar surface area (TPSA) is 64.2 Å². The Hall–Kier alpha value is -1.48. The Balaban J connectivity index is 2.06. The van der Waals surface area contributed by atoms with Gasteiger partial charge >= 0.3 is 0 Å². The summed E-state index contributed by atoms with van der Waals surface area (Å²) in [4.78, 5) is 19.5. The first-order chi connectivity index (χ1) is 8.53. The van der Waals surface area contributed by atoms with E-state index in [4.69, 9.17) is 4.89 Å². The molecule has 0 saturated carbocycles. The van der Waals surface area contributed by atoms with Gasteiger partial charge in [0.2, 0.25) is 0 Å². The average molecular weight is 263 g/mol. The Morgan fingerprint density at radius 2 is 1.61 bits per heavy atom. The third-order valence-corrected chi connectivity index (χ3v) is 3.31. The van der Waals surface area contributed by atoms with Gasteiger partial charge < -0.3 is 14.4 Å². The molecule has 4 nitrogen and oxygen atoms in total. The van der Waals surface area contributed by atoms with E-state index in [-0.39, 0.29) is 6.16 Å². The molecule has 0 radical (unpaired) electrons. The van der Waals surface area contributed by atoms with Crippen LogP contribution >= 0.6 is 7.60 Å². The molecule has 1 heterocycles. The fraction of sp³-hybridized carbons (Fsp3) is 0.154. The van der Waals surface area contributed by atoms with E-state index in [1.807, 2.05) is 47.3 Å². The van der Waals surface area contributed by atoms with Crippen molar-refractivity contribution in [2.24, 2.45) is 0 Å². The number of nitrogens with zero attached hydrogens (tertiary/aromatic N) is 1. The van der Waals surface area contributed by atoms with Crippen molar-refractivity contribution in [1.29, 1.82) is 0 Å². The van der Waals surface area contributed by atoms with Crippen LogP contribution in [0.5, 0.6) is 0 Å². The predicted octanol–water partition coefficient (Wildman–Crippen LogP) is 1.07. The molecule has 0 aliphatic heterocycles. The lowest BCUT2D eigenvalue weighted by atomic mass is 10.1. The second kappa shape index (κ2) is 5.44. The summed E-state index contributed by atoms with van der Waals surface area (Å²) in [6, 6.07) is 13.0. The summed E-state index contributed by atoms with van der Waals surface area (Å²) in [6.45, 7) is 0.731. The van der Waals surface area contributed by atoms with E-state index in [0.29, 0.717) is 5.56 Å². The Labute approximate surface area is 106 Å². The Kier molecular flexibility index (Phi) is 3.92. The van der Waals surface area contributed by atoms with Crippen LogP contribution in [-0.2, 0) is 17.3 Å². The predicted molar refractivity (Wildman–Crippen MR) is 65.7 cm³/mol. The van der Waals surface area contributed by atoms with Crippen LogP contribution in [-0.4, -0.2) is 4.89 Å². The van der Waals surface area contributed by atoms with Gasteiger partial charge in [-0.15, -0.1) is 0 Å². The monoisotopic (exact) mass is 263 g/mol. The van der Waals surface area contributed by atoms with E-state index < -0.39 is 7.60 Å². The van der Waals surface area contributed by atoms with E-state index in [1.165, 1.54) is 0 Å². The van der Waals surface area contributed by atoms with Crippen LogP contribution in [0.3, 0.4) is 0 Å². The van der Waals surface area contributed by atoms with Gasteiger partial charge in [0, 0.05) is 23.9 Å². The smallest absolute Gasteiger partial charge is 0.173 e. The van der Waals surface area contributed by atoms with Crippen LogP contribution in [0.4, 0.5) is 0 Å². The van der Waals surface area contributed by atoms with Crippen LogP contribution in [0.1, 0.15) is 11.1 Å². The number of hydrogen-bond acceptors (Lipinski definition) is 2. The molecular formula is C13H14NO3P. The normalized spacial score (nSPS) is 14.1. The van der Waals surface area contributed by atoms with Gasteiger partial charge in [-0.25, -0.2) is 4.57 Å². The van der Waals surface area contributed by atoms with Crippen LogP contribution < -0.4 is 9.46 Å². The van der Waals surface area contributed by atoms with Crippen molar-refractivity contribution < 1.29 is 18.9 Å². The zero-order valence-electron chi connectivity index (χ0n) is 9.77.